The van der Waals surface area contributed by atoms with E-state index < -0.39 is 0 Å². The summed E-state index contributed by atoms with van der Waals surface area (Å²) in [5, 5.41) is 11.8. The van der Waals surface area contributed by atoms with E-state index in [0.717, 1.165) is 17.9 Å². The van der Waals surface area contributed by atoms with Gasteiger partial charge in [0, 0.05) is 19.8 Å². The van der Waals surface area contributed by atoms with Gasteiger partial charge < -0.3 is 10.1 Å². The van der Waals surface area contributed by atoms with Gasteiger partial charge in [-0.25, -0.2) is 0 Å². The summed E-state index contributed by atoms with van der Waals surface area (Å²) in [5.41, 5.74) is 0. The lowest BCUT2D eigenvalue weighted by Crippen LogP contribution is -2.29. The van der Waals surface area contributed by atoms with Gasteiger partial charge in [0.05, 0.1) is 4.88 Å². The van der Waals surface area contributed by atoms with Crippen molar-refractivity contribution in [2.75, 3.05) is 19.8 Å². The molecule has 0 unspecified atom stereocenters. The van der Waals surface area contributed by atoms with Gasteiger partial charge in [-0.05, 0) is 36.0 Å². The number of hydrogen-bond acceptors (Lipinski definition) is 5. The molecule has 2 aromatic rings. The molecule has 0 fully saturated rings. The number of amides is 1. The molecule has 0 aromatic carbocycles. The number of carbonyl (C=O) groups is 1. The van der Waals surface area contributed by atoms with Crippen LogP contribution in [0.4, 0.5) is 0 Å². The van der Waals surface area contributed by atoms with Crippen molar-refractivity contribution >= 4 is 29.5 Å². The van der Waals surface area contributed by atoms with Crippen molar-refractivity contribution in [1.82, 2.24) is 20.1 Å². The van der Waals surface area contributed by atoms with Crippen LogP contribution in [0, 0.1) is 10.7 Å². The summed E-state index contributed by atoms with van der Waals surface area (Å²) in [6, 6.07) is 3.90. The number of thiophene rings is 1. The van der Waals surface area contributed by atoms with Crippen LogP contribution in [0.1, 0.15) is 20.3 Å². The molecule has 2 heterocycles. The number of aromatic amines is 1. The highest BCUT2D eigenvalue weighted by Gasteiger charge is 2.12. The predicted molar refractivity (Wildman–Crippen MR) is 94.0 cm³/mol. The molecule has 23 heavy (non-hydrogen) atoms. The zero-order chi connectivity index (χ0) is 16.7. The number of nitrogens with one attached hydrogen (secondary N) is 2. The van der Waals surface area contributed by atoms with Crippen molar-refractivity contribution in [1.29, 1.82) is 0 Å². The van der Waals surface area contributed by atoms with Crippen LogP contribution >= 0.6 is 23.6 Å². The summed E-state index contributed by atoms with van der Waals surface area (Å²) in [7, 11) is 0. The third kappa shape index (κ3) is 5.56. The maximum atomic E-state index is 12.1. The van der Waals surface area contributed by atoms with E-state index in [1.54, 1.807) is 15.9 Å². The Bertz CT molecular complexity index is 661. The highest BCUT2D eigenvalue weighted by Crippen LogP contribution is 2.22. The minimum Gasteiger partial charge on any atom is -0.381 e. The molecule has 6 nitrogen and oxygen atoms in total. The summed E-state index contributed by atoms with van der Waals surface area (Å²) in [5.74, 6) is 1.15. The van der Waals surface area contributed by atoms with E-state index in [1.165, 1.54) is 0 Å². The number of H-pyrrole nitrogens is 1. The van der Waals surface area contributed by atoms with Gasteiger partial charge in [-0.15, -0.1) is 11.3 Å². The van der Waals surface area contributed by atoms with Crippen molar-refractivity contribution in [2.24, 2.45) is 5.92 Å². The van der Waals surface area contributed by atoms with Crippen LogP contribution in [0.15, 0.2) is 17.5 Å². The first-order valence-corrected chi connectivity index (χ1v) is 8.90. The van der Waals surface area contributed by atoms with Crippen molar-refractivity contribution in [3.63, 3.8) is 0 Å². The van der Waals surface area contributed by atoms with Crippen LogP contribution in [0.2, 0.25) is 0 Å². The molecule has 0 aliphatic rings. The van der Waals surface area contributed by atoms with Crippen molar-refractivity contribution < 1.29 is 9.53 Å². The molecule has 2 rings (SSSR count). The molecular weight excluding hydrogens is 332 g/mol. The third-order valence-corrected chi connectivity index (χ3v) is 4.22. The molecule has 0 bridgehead atoms. The van der Waals surface area contributed by atoms with E-state index in [2.05, 4.69) is 29.4 Å². The lowest BCUT2D eigenvalue weighted by Gasteiger charge is -2.09. The molecule has 0 spiro atoms. The molecule has 0 saturated heterocycles. The van der Waals surface area contributed by atoms with E-state index >= 15 is 0 Å². The average Bonchev–Trinajstić information content (AvgIpc) is 3.13. The maximum absolute atomic E-state index is 12.1. The topological polar surface area (TPSA) is 71.9 Å². The molecule has 0 saturated carbocycles. The van der Waals surface area contributed by atoms with E-state index in [4.69, 9.17) is 17.0 Å². The van der Waals surface area contributed by atoms with Crippen LogP contribution in [0.25, 0.3) is 10.7 Å². The number of aromatic nitrogens is 3. The fourth-order valence-electron chi connectivity index (χ4n) is 1.98. The molecule has 1 amide bonds. The molecular formula is C15H22N4O2S2. The zero-order valence-corrected chi connectivity index (χ0v) is 15.0. The minimum absolute atomic E-state index is 0.0795. The Hall–Kier alpha value is -1.51. The minimum atomic E-state index is -0.0795. The number of carbonyl (C=O) groups excluding carboxylic acids is 1. The SMILES string of the molecule is CC(C)COCCCNC(=O)Cn1c(-c2cccs2)n[nH]c1=S. The lowest BCUT2D eigenvalue weighted by atomic mass is 10.2. The smallest absolute Gasteiger partial charge is 0.240 e. The normalized spacial score (nSPS) is 11.1. The molecule has 8 heteroatoms. The third-order valence-electron chi connectivity index (χ3n) is 3.04. The van der Waals surface area contributed by atoms with Gasteiger partial charge in [0.25, 0.3) is 0 Å². The summed E-state index contributed by atoms with van der Waals surface area (Å²) in [6.07, 6.45) is 0.799. The Morgan fingerprint density at radius 1 is 1.57 bits per heavy atom. The van der Waals surface area contributed by atoms with Crippen molar-refractivity contribution in [3.05, 3.63) is 22.3 Å². The van der Waals surface area contributed by atoms with E-state index in [1.807, 2.05) is 17.5 Å². The van der Waals surface area contributed by atoms with Gasteiger partial charge in [0.1, 0.15) is 6.54 Å². The summed E-state index contributed by atoms with van der Waals surface area (Å²) in [6.45, 7) is 6.39. The summed E-state index contributed by atoms with van der Waals surface area (Å²) >= 11 is 6.77. The molecule has 2 N–H and O–H groups in total. The lowest BCUT2D eigenvalue weighted by molar-refractivity contribution is -0.121. The Labute approximate surface area is 144 Å². The standard InChI is InChI=1S/C15H22N4O2S2/c1-11(2)10-21-7-4-6-16-13(20)9-19-14(17-18-15(19)22)12-5-3-8-23-12/h3,5,8,11H,4,6-7,9-10H2,1-2H3,(H,16,20)(H,18,22). The number of nitrogens with zero attached hydrogens (tertiary/aromatic N) is 2. The monoisotopic (exact) mass is 354 g/mol. The fourth-order valence-corrected chi connectivity index (χ4v) is 2.90. The largest absolute Gasteiger partial charge is 0.381 e. The van der Waals surface area contributed by atoms with Crippen molar-refractivity contribution in [3.8, 4) is 10.7 Å². The first-order valence-electron chi connectivity index (χ1n) is 7.61. The Kier molecular flexibility index (Phi) is 6.94. The van der Waals surface area contributed by atoms with Crippen LogP contribution in [-0.2, 0) is 16.1 Å². The number of hydrogen-bond donors (Lipinski definition) is 2. The quantitative estimate of drug-likeness (QED) is 0.536. The maximum Gasteiger partial charge on any atom is 0.240 e. The van der Waals surface area contributed by atoms with E-state index in [9.17, 15) is 4.79 Å². The van der Waals surface area contributed by atoms with Crippen LogP contribution in [0.3, 0.4) is 0 Å². The Balaban J connectivity index is 1.80. The van der Waals surface area contributed by atoms with E-state index in [0.29, 0.717) is 29.7 Å². The van der Waals surface area contributed by atoms with Gasteiger partial charge in [-0.2, -0.15) is 5.10 Å². The predicted octanol–water partition coefficient (Wildman–Crippen LogP) is 2.85. The number of ether oxygens (including phenoxy) is 1. The van der Waals surface area contributed by atoms with E-state index in [-0.39, 0.29) is 12.5 Å². The summed E-state index contributed by atoms with van der Waals surface area (Å²) < 4.78 is 7.65. The van der Waals surface area contributed by atoms with Gasteiger partial charge in [-0.1, -0.05) is 19.9 Å². The number of rotatable bonds is 9. The van der Waals surface area contributed by atoms with Crippen molar-refractivity contribution in [2.45, 2.75) is 26.8 Å². The summed E-state index contributed by atoms with van der Waals surface area (Å²) in [4.78, 5) is 13.0. The highest BCUT2D eigenvalue weighted by molar-refractivity contribution is 7.71. The highest BCUT2D eigenvalue weighted by atomic mass is 32.1. The van der Waals surface area contributed by atoms with Crippen LogP contribution < -0.4 is 5.32 Å². The second kappa shape index (κ2) is 8.95. The van der Waals surface area contributed by atoms with Gasteiger partial charge in [0.2, 0.25) is 5.91 Å². The molecule has 0 aliphatic carbocycles. The molecule has 126 valence electrons. The Morgan fingerprint density at radius 3 is 3.09 bits per heavy atom. The second-order valence-corrected chi connectivity index (χ2v) is 6.92. The van der Waals surface area contributed by atoms with Crippen LogP contribution in [0.5, 0.6) is 0 Å². The fraction of sp³-hybridized carbons (Fsp3) is 0.533. The second-order valence-electron chi connectivity index (χ2n) is 5.59. The van der Waals surface area contributed by atoms with Gasteiger partial charge in [-0.3, -0.25) is 14.5 Å². The molecule has 0 aliphatic heterocycles. The molecule has 0 atom stereocenters. The Morgan fingerprint density at radius 2 is 2.39 bits per heavy atom. The first kappa shape index (κ1) is 17.8. The zero-order valence-electron chi connectivity index (χ0n) is 13.4. The van der Waals surface area contributed by atoms with Gasteiger partial charge >= 0.3 is 0 Å². The first-order chi connectivity index (χ1) is 11.1. The molecule has 0 radical (unpaired) electrons. The van der Waals surface area contributed by atoms with Gasteiger partial charge in [0.15, 0.2) is 10.6 Å². The average molecular weight is 355 g/mol. The molecule has 2 aromatic heterocycles. The van der Waals surface area contributed by atoms with Crippen LogP contribution in [-0.4, -0.2) is 40.4 Å².